The third-order valence-electron chi connectivity index (χ3n) is 3.83. The summed E-state index contributed by atoms with van der Waals surface area (Å²) < 4.78 is 7.20. The second-order valence-corrected chi connectivity index (χ2v) is 5.35. The summed E-state index contributed by atoms with van der Waals surface area (Å²) in [6.07, 6.45) is 5.44. The number of methoxy groups -OCH3 is 1. The monoisotopic (exact) mass is 325 g/mol. The van der Waals surface area contributed by atoms with Crippen LogP contribution in [0.4, 0.5) is 4.79 Å². The second kappa shape index (κ2) is 6.57. The predicted molar refractivity (Wildman–Crippen MR) is 90.6 cm³/mol. The van der Waals surface area contributed by atoms with Crippen molar-refractivity contribution >= 4 is 11.7 Å². The summed E-state index contributed by atoms with van der Waals surface area (Å²) in [6.45, 7) is 2.92. The Labute approximate surface area is 139 Å². The zero-order valence-corrected chi connectivity index (χ0v) is 13.6. The number of nitrogens with zero attached hydrogens (tertiary/aromatic N) is 4. The first-order valence-electron chi connectivity index (χ1n) is 7.63. The van der Waals surface area contributed by atoms with E-state index in [4.69, 9.17) is 10.5 Å². The van der Waals surface area contributed by atoms with Crippen LogP contribution in [0.1, 0.15) is 12.5 Å². The maximum atomic E-state index is 11.4. The van der Waals surface area contributed by atoms with Crippen LogP contribution in [0.2, 0.25) is 0 Å². The Hall–Kier alpha value is -3.09. The molecule has 0 bridgehead atoms. The van der Waals surface area contributed by atoms with E-state index in [1.807, 2.05) is 48.0 Å². The van der Waals surface area contributed by atoms with Gasteiger partial charge < -0.3 is 19.8 Å². The van der Waals surface area contributed by atoms with Crippen molar-refractivity contribution in [2.75, 3.05) is 13.7 Å². The van der Waals surface area contributed by atoms with Crippen molar-refractivity contribution in [3.63, 3.8) is 0 Å². The molecule has 3 rings (SSSR count). The number of urea groups is 1. The number of imidazole rings is 1. The van der Waals surface area contributed by atoms with E-state index in [1.54, 1.807) is 18.2 Å². The average Bonchev–Trinajstić information content (AvgIpc) is 3.07. The first-order chi connectivity index (χ1) is 11.6. The van der Waals surface area contributed by atoms with E-state index in [0.717, 1.165) is 16.8 Å². The fourth-order valence-electron chi connectivity index (χ4n) is 2.57. The van der Waals surface area contributed by atoms with Gasteiger partial charge in [-0.05, 0) is 18.6 Å². The SMILES string of the molecule is CCN(Cc1cccc(-c2cn3ccnc3c(OC)n2)c1)C(N)=O. The van der Waals surface area contributed by atoms with Crippen molar-refractivity contribution in [3.8, 4) is 17.1 Å². The molecule has 1 aromatic carbocycles. The van der Waals surface area contributed by atoms with Gasteiger partial charge in [0.1, 0.15) is 0 Å². The average molecular weight is 325 g/mol. The number of carbonyl (C=O) groups excluding carboxylic acids is 1. The molecule has 124 valence electrons. The lowest BCUT2D eigenvalue weighted by atomic mass is 10.1. The summed E-state index contributed by atoms with van der Waals surface area (Å²) in [7, 11) is 1.57. The lowest BCUT2D eigenvalue weighted by Gasteiger charge is -2.18. The van der Waals surface area contributed by atoms with E-state index < -0.39 is 6.03 Å². The van der Waals surface area contributed by atoms with Gasteiger partial charge in [-0.1, -0.05) is 18.2 Å². The lowest BCUT2D eigenvalue weighted by Crippen LogP contribution is -2.34. The van der Waals surface area contributed by atoms with Crippen LogP contribution in [-0.2, 0) is 6.54 Å². The van der Waals surface area contributed by atoms with Gasteiger partial charge in [-0.2, -0.15) is 0 Å². The Bertz CT molecular complexity index is 874. The molecule has 7 heteroatoms. The zero-order chi connectivity index (χ0) is 17.1. The summed E-state index contributed by atoms with van der Waals surface area (Å²) in [4.78, 5) is 21.7. The summed E-state index contributed by atoms with van der Waals surface area (Å²) in [6, 6.07) is 7.43. The molecule has 2 aromatic heterocycles. The lowest BCUT2D eigenvalue weighted by molar-refractivity contribution is 0.208. The van der Waals surface area contributed by atoms with Gasteiger partial charge in [0.25, 0.3) is 5.88 Å². The normalized spacial score (nSPS) is 10.8. The molecule has 0 atom stereocenters. The molecular weight excluding hydrogens is 306 g/mol. The van der Waals surface area contributed by atoms with Crippen LogP contribution in [0, 0.1) is 0 Å². The van der Waals surface area contributed by atoms with Gasteiger partial charge in [0.05, 0.1) is 12.8 Å². The molecule has 2 heterocycles. The van der Waals surface area contributed by atoms with Gasteiger partial charge in [0.2, 0.25) is 0 Å². The highest BCUT2D eigenvalue weighted by Crippen LogP contribution is 2.24. The molecule has 0 unspecified atom stereocenters. The topological polar surface area (TPSA) is 85.8 Å². The van der Waals surface area contributed by atoms with Gasteiger partial charge in [0.15, 0.2) is 5.65 Å². The van der Waals surface area contributed by atoms with E-state index in [1.165, 1.54) is 0 Å². The molecule has 0 spiro atoms. The fraction of sp³-hybridized carbons (Fsp3) is 0.235. The van der Waals surface area contributed by atoms with Crippen LogP contribution in [-0.4, -0.2) is 39.0 Å². The van der Waals surface area contributed by atoms with E-state index in [-0.39, 0.29) is 0 Å². The maximum absolute atomic E-state index is 11.4. The summed E-state index contributed by atoms with van der Waals surface area (Å²) in [5.74, 6) is 0.468. The van der Waals surface area contributed by atoms with Crippen molar-refractivity contribution in [2.45, 2.75) is 13.5 Å². The Kier molecular flexibility index (Phi) is 4.33. The van der Waals surface area contributed by atoms with Crippen molar-refractivity contribution in [2.24, 2.45) is 5.73 Å². The van der Waals surface area contributed by atoms with E-state index in [2.05, 4.69) is 9.97 Å². The number of hydrogen-bond acceptors (Lipinski definition) is 4. The van der Waals surface area contributed by atoms with Crippen molar-refractivity contribution < 1.29 is 9.53 Å². The highest BCUT2D eigenvalue weighted by atomic mass is 16.5. The summed E-state index contributed by atoms with van der Waals surface area (Å²) >= 11 is 0. The summed E-state index contributed by atoms with van der Waals surface area (Å²) in [5.41, 5.74) is 8.73. The molecule has 0 aliphatic rings. The molecule has 0 radical (unpaired) electrons. The largest absolute Gasteiger partial charge is 0.478 e. The first kappa shape index (κ1) is 15.8. The van der Waals surface area contributed by atoms with Crippen LogP contribution in [0.25, 0.3) is 16.9 Å². The number of aromatic nitrogens is 3. The molecular formula is C17H19N5O2. The van der Waals surface area contributed by atoms with Gasteiger partial charge in [-0.25, -0.2) is 14.8 Å². The van der Waals surface area contributed by atoms with Crippen molar-refractivity contribution in [1.29, 1.82) is 0 Å². The number of carbonyl (C=O) groups is 1. The number of benzene rings is 1. The van der Waals surface area contributed by atoms with Crippen LogP contribution in [0.5, 0.6) is 5.88 Å². The molecule has 0 saturated carbocycles. The standard InChI is InChI=1S/C17H19N5O2/c1-3-21(17(18)23)10-12-5-4-6-13(9-12)14-11-22-8-7-19-15(22)16(20-14)24-2/h4-9,11H,3,10H2,1-2H3,(H2,18,23). The minimum absolute atomic E-state index is 0.428. The Morgan fingerprint density at radius 3 is 2.96 bits per heavy atom. The number of ether oxygens (including phenoxy) is 1. The fourth-order valence-corrected chi connectivity index (χ4v) is 2.57. The highest BCUT2D eigenvalue weighted by molar-refractivity contribution is 5.72. The zero-order valence-electron chi connectivity index (χ0n) is 13.6. The van der Waals surface area contributed by atoms with Gasteiger partial charge in [-0.15, -0.1) is 0 Å². The number of nitrogens with two attached hydrogens (primary N) is 1. The Morgan fingerprint density at radius 2 is 2.25 bits per heavy atom. The smallest absolute Gasteiger partial charge is 0.315 e. The molecule has 2 N–H and O–H groups in total. The second-order valence-electron chi connectivity index (χ2n) is 5.35. The minimum Gasteiger partial charge on any atom is -0.478 e. The van der Waals surface area contributed by atoms with Gasteiger partial charge in [0, 0.05) is 37.2 Å². The molecule has 0 saturated heterocycles. The minimum atomic E-state index is -0.428. The van der Waals surface area contributed by atoms with Gasteiger partial charge in [-0.3, -0.25) is 0 Å². The first-order valence-corrected chi connectivity index (χ1v) is 7.63. The number of amides is 2. The van der Waals surface area contributed by atoms with Crippen LogP contribution in [0.15, 0.2) is 42.9 Å². The third kappa shape index (κ3) is 3.01. The van der Waals surface area contributed by atoms with E-state index >= 15 is 0 Å². The van der Waals surface area contributed by atoms with E-state index in [9.17, 15) is 4.79 Å². The Morgan fingerprint density at radius 1 is 1.42 bits per heavy atom. The summed E-state index contributed by atoms with van der Waals surface area (Å²) in [5, 5.41) is 0. The van der Waals surface area contributed by atoms with Crippen LogP contribution >= 0.6 is 0 Å². The van der Waals surface area contributed by atoms with Crippen molar-refractivity contribution in [1.82, 2.24) is 19.3 Å². The predicted octanol–water partition coefficient (Wildman–Crippen LogP) is 2.31. The van der Waals surface area contributed by atoms with Crippen LogP contribution in [0.3, 0.4) is 0 Å². The molecule has 7 nitrogen and oxygen atoms in total. The molecule has 0 aliphatic heterocycles. The molecule has 2 amide bonds. The Balaban J connectivity index is 1.98. The molecule has 0 aliphatic carbocycles. The number of fused-ring (bicyclic) bond motifs is 1. The number of rotatable bonds is 5. The van der Waals surface area contributed by atoms with Crippen molar-refractivity contribution in [3.05, 3.63) is 48.4 Å². The highest BCUT2D eigenvalue weighted by Gasteiger charge is 2.11. The number of primary amides is 1. The van der Waals surface area contributed by atoms with Gasteiger partial charge >= 0.3 is 6.03 Å². The molecule has 3 aromatic rings. The van der Waals surface area contributed by atoms with E-state index in [0.29, 0.717) is 24.6 Å². The molecule has 24 heavy (non-hydrogen) atoms. The third-order valence-corrected chi connectivity index (χ3v) is 3.83. The van der Waals surface area contributed by atoms with Crippen LogP contribution < -0.4 is 10.5 Å². The molecule has 0 fully saturated rings. The number of hydrogen-bond donors (Lipinski definition) is 1. The quantitative estimate of drug-likeness (QED) is 0.780. The maximum Gasteiger partial charge on any atom is 0.315 e.